The molecule has 1 atom stereocenters. The highest BCUT2D eigenvalue weighted by atomic mass is 19.1. The van der Waals surface area contributed by atoms with E-state index >= 15 is 0 Å². The van der Waals surface area contributed by atoms with E-state index in [0.717, 1.165) is 11.4 Å². The Labute approximate surface area is 105 Å². The largest absolute Gasteiger partial charge is 0.386 e. The van der Waals surface area contributed by atoms with Gasteiger partial charge >= 0.3 is 0 Å². The van der Waals surface area contributed by atoms with Crippen LogP contribution in [0.2, 0.25) is 0 Å². The number of anilines is 1. The number of hydrogen-bond donors (Lipinski definition) is 2. The number of aliphatic hydroxyl groups excluding tert-OH is 1. The maximum Gasteiger partial charge on any atom is 0.129 e. The molecule has 4 nitrogen and oxygen atoms in total. The van der Waals surface area contributed by atoms with Gasteiger partial charge in [0.25, 0.3) is 0 Å². The molecule has 0 aliphatic carbocycles. The third-order valence-corrected chi connectivity index (χ3v) is 2.76. The molecule has 18 heavy (non-hydrogen) atoms. The monoisotopic (exact) mass is 249 g/mol. The lowest BCUT2D eigenvalue weighted by atomic mass is 10.1. The highest BCUT2D eigenvalue weighted by Gasteiger charge is 2.12. The first kappa shape index (κ1) is 12.6. The van der Waals surface area contributed by atoms with Gasteiger partial charge in [0.2, 0.25) is 0 Å². The fraction of sp³-hybridized carbons (Fsp3) is 0.308. The highest BCUT2D eigenvalue weighted by Crippen LogP contribution is 2.18. The van der Waals surface area contributed by atoms with Gasteiger partial charge in [0.05, 0.1) is 17.5 Å². The van der Waals surface area contributed by atoms with Gasteiger partial charge in [-0.15, -0.1) is 0 Å². The summed E-state index contributed by atoms with van der Waals surface area (Å²) >= 11 is 0. The van der Waals surface area contributed by atoms with Gasteiger partial charge in [-0.2, -0.15) is 5.10 Å². The molecule has 0 aliphatic rings. The van der Waals surface area contributed by atoms with Crippen LogP contribution >= 0.6 is 0 Å². The lowest BCUT2D eigenvalue weighted by Gasteiger charge is -2.13. The molecule has 2 rings (SSSR count). The average Bonchev–Trinajstić information content (AvgIpc) is 2.65. The lowest BCUT2D eigenvalue weighted by Crippen LogP contribution is -2.13. The Balaban J connectivity index is 2.03. The van der Waals surface area contributed by atoms with Gasteiger partial charge in [0, 0.05) is 25.4 Å². The Hall–Kier alpha value is -1.88. The number of aliphatic hydroxyl groups is 1. The molecular weight excluding hydrogens is 233 g/mol. The first-order chi connectivity index (χ1) is 8.58. The fourth-order valence-electron chi connectivity index (χ4n) is 1.84. The Bertz CT molecular complexity index is 539. The Morgan fingerprint density at radius 2 is 2.17 bits per heavy atom. The predicted octanol–water partition coefficient (Wildman–Crippen LogP) is 2.01. The first-order valence-corrected chi connectivity index (χ1v) is 5.74. The minimum absolute atomic E-state index is 0.244. The Kier molecular flexibility index (Phi) is 3.62. The van der Waals surface area contributed by atoms with Crippen molar-refractivity contribution in [1.82, 2.24) is 9.78 Å². The number of rotatable bonds is 4. The maximum absolute atomic E-state index is 13.4. The summed E-state index contributed by atoms with van der Waals surface area (Å²) in [5.74, 6) is -0.394. The number of nitrogens with one attached hydrogen (secondary N) is 1. The van der Waals surface area contributed by atoms with Crippen LogP contribution in [-0.2, 0) is 7.05 Å². The number of aromatic nitrogens is 2. The van der Waals surface area contributed by atoms with Crippen LogP contribution in [0.25, 0.3) is 0 Å². The molecular formula is C13H16FN3O. The van der Waals surface area contributed by atoms with E-state index in [1.54, 1.807) is 22.9 Å². The zero-order valence-corrected chi connectivity index (χ0v) is 10.4. The van der Waals surface area contributed by atoms with Crippen LogP contribution in [0, 0.1) is 12.7 Å². The van der Waals surface area contributed by atoms with Crippen molar-refractivity contribution in [2.24, 2.45) is 7.05 Å². The van der Waals surface area contributed by atoms with Gasteiger partial charge in [0.15, 0.2) is 0 Å². The smallest absolute Gasteiger partial charge is 0.129 e. The summed E-state index contributed by atoms with van der Waals surface area (Å²) in [6.07, 6.45) is 0.939. The molecule has 0 bridgehead atoms. The predicted molar refractivity (Wildman–Crippen MR) is 67.8 cm³/mol. The molecule has 1 aromatic carbocycles. The van der Waals surface area contributed by atoms with Crippen molar-refractivity contribution in [1.29, 1.82) is 0 Å². The highest BCUT2D eigenvalue weighted by molar-refractivity contribution is 5.45. The summed E-state index contributed by atoms with van der Waals surface area (Å²) in [6.45, 7) is 2.12. The summed E-state index contributed by atoms with van der Waals surface area (Å²) < 4.78 is 15.1. The van der Waals surface area contributed by atoms with Crippen molar-refractivity contribution in [2.75, 3.05) is 11.9 Å². The molecule has 0 aliphatic heterocycles. The quantitative estimate of drug-likeness (QED) is 0.871. The third-order valence-electron chi connectivity index (χ3n) is 2.76. The zero-order chi connectivity index (χ0) is 13.1. The maximum atomic E-state index is 13.4. The van der Waals surface area contributed by atoms with Crippen LogP contribution in [0.5, 0.6) is 0 Å². The van der Waals surface area contributed by atoms with Gasteiger partial charge in [0.1, 0.15) is 5.82 Å². The molecule has 96 valence electrons. The van der Waals surface area contributed by atoms with E-state index in [2.05, 4.69) is 10.4 Å². The van der Waals surface area contributed by atoms with E-state index in [-0.39, 0.29) is 6.54 Å². The van der Waals surface area contributed by atoms with Crippen molar-refractivity contribution >= 4 is 5.69 Å². The van der Waals surface area contributed by atoms with Crippen molar-refractivity contribution in [3.63, 3.8) is 0 Å². The summed E-state index contributed by atoms with van der Waals surface area (Å²) in [5.41, 5.74) is 1.98. The number of benzene rings is 1. The van der Waals surface area contributed by atoms with Crippen LogP contribution in [0.3, 0.4) is 0 Å². The third kappa shape index (κ3) is 2.68. The van der Waals surface area contributed by atoms with E-state index in [0.29, 0.717) is 5.56 Å². The van der Waals surface area contributed by atoms with Crippen LogP contribution in [-0.4, -0.2) is 21.4 Å². The second-order valence-electron chi connectivity index (χ2n) is 4.22. The van der Waals surface area contributed by atoms with Gasteiger partial charge in [-0.1, -0.05) is 18.2 Å². The van der Waals surface area contributed by atoms with Gasteiger partial charge in [-0.3, -0.25) is 4.68 Å². The molecule has 0 saturated heterocycles. The second-order valence-corrected chi connectivity index (χ2v) is 4.22. The van der Waals surface area contributed by atoms with Gasteiger partial charge in [-0.25, -0.2) is 4.39 Å². The summed E-state index contributed by atoms with van der Waals surface area (Å²) in [6, 6.07) is 6.23. The fourth-order valence-corrected chi connectivity index (χ4v) is 1.84. The first-order valence-electron chi connectivity index (χ1n) is 5.74. The van der Waals surface area contributed by atoms with Crippen LogP contribution < -0.4 is 5.32 Å². The zero-order valence-electron chi connectivity index (χ0n) is 10.4. The SMILES string of the molecule is Cc1nn(C)cc1NCC(O)c1ccccc1F. The van der Waals surface area contributed by atoms with Gasteiger partial charge < -0.3 is 10.4 Å². The van der Waals surface area contributed by atoms with Gasteiger partial charge in [-0.05, 0) is 13.0 Å². The molecule has 1 aromatic heterocycles. The standard InChI is InChI=1S/C13H16FN3O/c1-9-12(8-17(2)16-9)15-7-13(18)10-5-3-4-6-11(10)14/h3-6,8,13,15,18H,7H2,1-2H3. The Morgan fingerprint density at radius 3 is 2.78 bits per heavy atom. The molecule has 2 N–H and O–H groups in total. The van der Waals surface area contributed by atoms with E-state index in [9.17, 15) is 9.50 Å². The van der Waals surface area contributed by atoms with Crippen molar-refractivity contribution in [3.05, 3.63) is 47.5 Å². The van der Waals surface area contributed by atoms with Crippen molar-refractivity contribution in [3.8, 4) is 0 Å². The topological polar surface area (TPSA) is 50.1 Å². The van der Waals surface area contributed by atoms with Crippen molar-refractivity contribution < 1.29 is 9.50 Å². The molecule has 0 saturated carbocycles. The number of hydrogen-bond acceptors (Lipinski definition) is 3. The second kappa shape index (κ2) is 5.18. The minimum Gasteiger partial charge on any atom is -0.386 e. The minimum atomic E-state index is -0.884. The van der Waals surface area contributed by atoms with Crippen LogP contribution in [0.4, 0.5) is 10.1 Å². The van der Waals surface area contributed by atoms with E-state index in [1.165, 1.54) is 6.07 Å². The summed E-state index contributed by atoms with van der Waals surface area (Å²) in [7, 11) is 1.82. The van der Waals surface area contributed by atoms with E-state index in [4.69, 9.17) is 0 Å². The average molecular weight is 249 g/mol. The summed E-state index contributed by atoms with van der Waals surface area (Å²) in [5, 5.41) is 17.2. The van der Waals surface area contributed by atoms with Crippen LogP contribution in [0.1, 0.15) is 17.4 Å². The van der Waals surface area contributed by atoms with E-state index < -0.39 is 11.9 Å². The molecule has 2 aromatic rings. The van der Waals surface area contributed by atoms with E-state index in [1.807, 2.05) is 20.2 Å². The molecule has 0 fully saturated rings. The molecule has 5 heteroatoms. The molecule has 0 radical (unpaired) electrons. The number of nitrogens with zero attached hydrogens (tertiary/aromatic N) is 2. The number of halogens is 1. The molecule has 0 amide bonds. The van der Waals surface area contributed by atoms with Crippen LogP contribution in [0.15, 0.2) is 30.5 Å². The number of aryl methyl sites for hydroxylation is 2. The van der Waals surface area contributed by atoms with Crippen molar-refractivity contribution in [2.45, 2.75) is 13.0 Å². The molecule has 1 unspecified atom stereocenters. The Morgan fingerprint density at radius 1 is 1.44 bits per heavy atom. The molecule has 0 spiro atoms. The normalized spacial score (nSPS) is 12.4. The molecule has 1 heterocycles. The summed E-state index contributed by atoms with van der Waals surface area (Å²) in [4.78, 5) is 0. The lowest BCUT2D eigenvalue weighted by molar-refractivity contribution is 0.186.